The first-order chi connectivity index (χ1) is 10.5. The molecule has 0 bridgehead atoms. The third-order valence-corrected chi connectivity index (χ3v) is 8.05. The number of carbonyl (C=O) groups excluding carboxylic acids is 1. The molecule has 0 saturated heterocycles. The van der Waals surface area contributed by atoms with Gasteiger partial charge >= 0.3 is 0 Å². The summed E-state index contributed by atoms with van der Waals surface area (Å²) < 4.78 is 0. The lowest BCUT2D eigenvalue weighted by molar-refractivity contribution is -0.131. The SMILES string of the molecule is C#C[C@H]1CC[C@@]2(C)C(=CC[C@@H]3[C@@H]2CC[C@]2(C)C(=O)CC[C@@H]32)C1. The molecular weight excluding hydrogens is 268 g/mol. The van der Waals surface area contributed by atoms with Crippen molar-refractivity contribution in [3.05, 3.63) is 11.6 Å². The maximum absolute atomic E-state index is 12.4. The lowest BCUT2D eigenvalue weighted by Crippen LogP contribution is -2.50. The number of Topliss-reactive ketones (excluding diaryl/α,β-unsaturated/α-hetero) is 1. The van der Waals surface area contributed by atoms with Gasteiger partial charge in [-0.1, -0.05) is 25.5 Å². The number of terminal acetylenes is 1. The first kappa shape index (κ1) is 14.6. The van der Waals surface area contributed by atoms with E-state index in [2.05, 4.69) is 25.8 Å². The Morgan fingerprint density at radius 2 is 1.86 bits per heavy atom. The summed E-state index contributed by atoms with van der Waals surface area (Å²) in [5.74, 6) is 6.16. The fraction of sp³-hybridized carbons (Fsp3) is 0.762. The van der Waals surface area contributed by atoms with Crippen molar-refractivity contribution >= 4 is 5.78 Å². The molecule has 0 N–H and O–H groups in total. The molecule has 0 aliphatic heterocycles. The average Bonchev–Trinajstić information content (AvgIpc) is 2.82. The van der Waals surface area contributed by atoms with Crippen LogP contribution in [0.25, 0.3) is 0 Å². The number of allylic oxidation sites excluding steroid dienone is 2. The molecule has 6 atom stereocenters. The molecule has 0 radical (unpaired) electrons. The van der Waals surface area contributed by atoms with E-state index in [1.807, 2.05) is 0 Å². The van der Waals surface area contributed by atoms with Gasteiger partial charge in [0.15, 0.2) is 0 Å². The van der Waals surface area contributed by atoms with Crippen molar-refractivity contribution in [3.8, 4) is 12.3 Å². The second kappa shape index (κ2) is 4.73. The van der Waals surface area contributed by atoms with Crippen molar-refractivity contribution in [2.75, 3.05) is 0 Å². The van der Waals surface area contributed by atoms with Crippen LogP contribution in [0.2, 0.25) is 0 Å². The molecule has 0 aromatic carbocycles. The zero-order valence-corrected chi connectivity index (χ0v) is 14.0. The van der Waals surface area contributed by atoms with Gasteiger partial charge in [-0.05, 0) is 68.1 Å². The zero-order valence-electron chi connectivity index (χ0n) is 14.0. The van der Waals surface area contributed by atoms with E-state index in [1.165, 1.54) is 25.7 Å². The third kappa shape index (κ3) is 1.76. The summed E-state index contributed by atoms with van der Waals surface area (Å²) in [5.41, 5.74) is 2.01. The molecule has 118 valence electrons. The van der Waals surface area contributed by atoms with Crippen molar-refractivity contribution in [2.45, 2.75) is 65.2 Å². The molecule has 0 unspecified atom stereocenters. The van der Waals surface area contributed by atoms with Gasteiger partial charge in [0, 0.05) is 17.8 Å². The van der Waals surface area contributed by atoms with E-state index in [-0.39, 0.29) is 5.41 Å². The minimum absolute atomic E-state index is 0.00110. The molecule has 1 nitrogen and oxygen atoms in total. The molecule has 0 spiro atoms. The molecule has 1 heteroatoms. The van der Waals surface area contributed by atoms with Crippen LogP contribution < -0.4 is 0 Å². The number of hydrogen-bond acceptors (Lipinski definition) is 1. The van der Waals surface area contributed by atoms with Crippen molar-refractivity contribution in [1.82, 2.24) is 0 Å². The topological polar surface area (TPSA) is 17.1 Å². The molecule has 0 aromatic heterocycles. The molecule has 22 heavy (non-hydrogen) atoms. The van der Waals surface area contributed by atoms with Gasteiger partial charge in [0.2, 0.25) is 0 Å². The van der Waals surface area contributed by atoms with Gasteiger partial charge < -0.3 is 0 Å². The predicted octanol–water partition coefficient (Wildman–Crippen LogP) is 4.77. The normalized spacial score (nSPS) is 50.4. The Bertz CT molecular complexity index is 579. The molecular formula is C21H28O. The molecule has 0 aromatic rings. The van der Waals surface area contributed by atoms with E-state index < -0.39 is 0 Å². The summed E-state index contributed by atoms with van der Waals surface area (Å²) in [7, 11) is 0. The number of rotatable bonds is 0. The second-order valence-corrected chi connectivity index (χ2v) is 8.78. The maximum atomic E-state index is 12.4. The molecule has 3 fully saturated rings. The van der Waals surface area contributed by atoms with E-state index in [9.17, 15) is 4.79 Å². The van der Waals surface area contributed by atoms with E-state index in [0.717, 1.165) is 37.5 Å². The average molecular weight is 296 g/mol. The number of hydrogen-bond donors (Lipinski definition) is 0. The zero-order chi connectivity index (χ0) is 15.5. The first-order valence-electron chi connectivity index (χ1n) is 9.18. The van der Waals surface area contributed by atoms with Crippen LogP contribution >= 0.6 is 0 Å². The van der Waals surface area contributed by atoms with E-state index in [0.29, 0.717) is 23.0 Å². The van der Waals surface area contributed by atoms with Crippen LogP contribution in [-0.4, -0.2) is 5.78 Å². The van der Waals surface area contributed by atoms with Gasteiger partial charge in [-0.15, -0.1) is 12.3 Å². The second-order valence-electron chi connectivity index (χ2n) is 8.78. The number of carbonyl (C=O) groups is 1. The Labute approximate surface area is 134 Å². The summed E-state index contributed by atoms with van der Waals surface area (Å²) in [5, 5.41) is 0. The lowest BCUT2D eigenvalue weighted by Gasteiger charge is -2.56. The highest BCUT2D eigenvalue weighted by atomic mass is 16.1. The Balaban J connectivity index is 1.68. The third-order valence-electron chi connectivity index (χ3n) is 8.05. The van der Waals surface area contributed by atoms with Crippen molar-refractivity contribution < 1.29 is 4.79 Å². The summed E-state index contributed by atoms with van der Waals surface area (Å²) >= 11 is 0. The fourth-order valence-electron chi connectivity index (χ4n) is 6.57. The number of fused-ring (bicyclic) bond motifs is 5. The molecule has 0 heterocycles. The minimum atomic E-state index is -0.00110. The Morgan fingerprint density at radius 3 is 2.64 bits per heavy atom. The summed E-state index contributed by atoms with van der Waals surface area (Å²) in [4.78, 5) is 12.4. The highest BCUT2D eigenvalue weighted by Crippen LogP contribution is 2.64. The standard InChI is InChI=1S/C21H28O/c1-4-14-9-11-20(2)15(13-14)5-6-16-17-7-8-19(22)21(17,3)12-10-18(16)20/h1,5,14,16-18H,6-13H2,2-3H3/t14-,16-,17-,18-,20-,21-/m0/s1. The van der Waals surface area contributed by atoms with Crippen LogP contribution in [0.3, 0.4) is 0 Å². The smallest absolute Gasteiger partial charge is 0.139 e. The van der Waals surface area contributed by atoms with Gasteiger partial charge in [0.25, 0.3) is 0 Å². The van der Waals surface area contributed by atoms with Crippen LogP contribution in [0, 0.1) is 46.8 Å². The summed E-state index contributed by atoms with van der Waals surface area (Å²) in [6.45, 7) is 4.77. The fourth-order valence-corrected chi connectivity index (χ4v) is 6.57. The largest absolute Gasteiger partial charge is 0.299 e. The van der Waals surface area contributed by atoms with Crippen molar-refractivity contribution in [2.24, 2.45) is 34.5 Å². The molecule has 4 rings (SSSR count). The highest BCUT2D eigenvalue weighted by Gasteiger charge is 2.58. The number of ketones is 1. The van der Waals surface area contributed by atoms with Crippen molar-refractivity contribution in [1.29, 1.82) is 0 Å². The Hall–Kier alpha value is -1.03. The molecule has 4 aliphatic rings. The van der Waals surface area contributed by atoms with Crippen molar-refractivity contribution in [3.63, 3.8) is 0 Å². The lowest BCUT2D eigenvalue weighted by atomic mass is 9.47. The minimum Gasteiger partial charge on any atom is -0.299 e. The highest BCUT2D eigenvalue weighted by molar-refractivity contribution is 5.87. The van der Waals surface area contributed by atoms with E-state index >= 15 is 0 Å². The van der Waals surface area contributed by atoms with Gasteiger partial charge in [-0.25, -0.2) is 0 Å². The molecule has 3 saturated carbocycles. The predicted molar refractivity (Wildman–Crippen MR) is 89.0 cm³/mol. The van der Waals surface area contributed by atoms with E-state index in [4.69, 9.17) is 6.42 Å². The summed E-state index contributed by atoms with van der Waals surface area (Å²) in [6, 6.07) is 0. The van der Waals surface area contributed by atoms with Gasteiger partial charge in [0.1, 0.15) is 5.78 Å². The molecule has 4 aliphatic carbocycles. The van der Waals surface area contributed by atoms with Gasteiger partial charge in [-0.3, -0.25) is 4.79 Å². The Kier molecular flexibility index (Phi) is 3.13. The monoisotopic (exact) mass is 296 g/mol. The van der Waals surface area contributed by atoms with Crippen LogP contribution in [-0.2, 0) is 4.79 Å². The summed E-state index contributed by atoms with van der Waals surface area (Å²) in [6.07, 6.45) is 17.3. The van der Waals surface area contributed by atoms with Crippen LogP contribution in [0.5, 0.6) is 0 Å². The van der Waals surface area contributed by atoms with Crippen LogP contribution in [0.4, 0.5) is 0 Å². The van der Waals surface area contributed by atoms with Crippen LogP contribution in [0.15, 0.2) is 11.6 Å². The Morgan fingerprint density at radius 1 is 1.14 bits per heavy atom. The van der Waals surface area contributed by atoms with Gasteiger partial charge in [0.05, 0.1) is 0 Å². The van der Waals surface area contributed by atoms with E-state index in [1.54, 1.807) is 5.57 Å². The first-order valence-corrected chi connectivity index (χ1v) is 9.18. The van der Waals surface area contributed by atoms with Crippen LogP contribution in [0.1, 0.15) is 65.2 Å². The molecule has 0 amide bonds. The quantitative estimate of drug-likeness (QED) is 0.465. The van der Waals surface area contributed by atoms with Gasteiger partial charge in [-0.2, -0.15) is 0 Å². The maximum Gasteiger partial charge on any atom is 0.139 e.